The molecule has 1 heterocycles. The van der Waals surface area contributed by atoms with Gasteiger partial charge in [0, 0.05) is 0 Å². The lowest BCUT2D eigenvalue weighted by Gasteiger charge is -2.13. The van der Waals surface area contributed by atoms with E-state index in [4.69, 9.17) is 11.6 Å². The number of aromatic nitrogens is 1. The molecule has 0 N–H and O–H groups in total. The third kappa shape index (κ3) is 1.25. The topological polar surface area (TPSA) is 12.9 Å². The Morgan fingerprint density at radius 2 is 2.25 bits per heavy atom. The lowest BCUT2D eigenvalue weighted by atomic mass is 9.97. The number of fused-ring (bicyclic) bond motifs is 1. The molecule has 2 rings (SSSR count). The summed E-state index contributed by atoms with van der Waals surface area (Å²) in [4.78, 5) is 4.29. The molecule has 1 nitrogen and oxygen atoms in total. The van der Waals surface area contributed by atoms with Crippen molar-refractivity contribution >= 4 is 17.2 Å². The van der Waals surface area contributed by atoms with Gasteiger partial charge in [0.05, 0.1) is 5.69 Å². The highest BCUT2D eigenvalue weighted by atomic mass is 35.5. The lowest BCUT2D eigenvalue weighted by molar-refractivity contribution is 0.952. The number of pyridine rings is 1. The van der Waals surface area contributed by atoms with Gasteiger partial charge < -0.3 is 0 Å². The van der Waals surface area contributed by atoms with Crippen molar-refractivity contribution in [2.45, 2.75) is 19.8 Å². The summed E-state index contributed by atoms with van der Waals surface area (Å²) in [7, 11) is 0. The maximum absolute atomic E-state index is 5.80. The summed E-state index contributed by atoms with van der Waals surface area (Å²) in [5.74, 6) is 0. The molecule has 1 aromatic heterocycles. The highest BCUT2D eigenvalue weighted by Gasteiger charge is 2.10. The molecule has 0 radical (unpaired) electrons. The van der Waals surface area contributed by atoms with Gasteiger partial charge in [0.25, 0.3) is 0 Å². The highest BCUT2D eigenvalue weighted by molar-refractivity contribution is 6.29. The molecule has 1 aromatic rings. The molecule has 0 bridgehead atoms. The van der Waals surface area contributed by atoms with Gasteiger partial charge in [-0.05, 0) is 37.0 Å². The third-order valence-corrected chi connectivity index (χ3v) is 2.39. The zero-order chi connectivity index (χ0) is 8.55. The van der Waals surface area contributed by atoms with E-state index in [1.54, 1.807) is 0 Å². The smallest absolute Gasteiger partial charge is 0.129 e. The van der Waals surface area contributed by atoms with Crippen LogP contribution in [0, 0.1) is 0 Å². The van der Waals surface area contributed by atoms with Gasteiger partial charge in [-0.2, -0.15) is 0 Å². The first kappa shape index (κ1) is 7.81. The van der Waals surface area contributed by atoms with E-state index in [-0.39, 0.29) is 0 Å². The van der Waals surface area contributed by atoms with E-state index >= 15 is 0 Å². The van der Waals surface area contributed by atoms with Crippen LogP contribution in [-0.4, -0.2) is 4.98 Å². The molecule has 1 aliphatic rings. The van der Waals surface area contributed by atoms with Crippen molar-refractivity contribution < 1.29 is 0 Å². The van der Waals surface area contributed by atoms with E-state index < -0.39 is 0 Å². The van der Waals surface area contributed by atoms with Crippen LogP contribution in [0.25, 0.3) is 5.57 Å². The number of hydrogen-bond acceptors (Lipinski definition) is 1. The largest absolute Gasteiger partial charge is 0.236 e. The van der Waals surface area contributed by atoms with Gasteiger partial charge in [-0.15, -0.1) is 0 Å². The van der Waals surface area contributed by atoms with Crippen LogP contribution in [0.4, 0.5) is 0 Å². The van der Waals surface area contributed by atoms with Crippen molar-refractivity contribution in [1.82, 2.24) is 4.98 Å². The first-order chi connectivity index (χ1) is 5.77. The summed E-state index contributed by atoms with van der Waals surface area (Å²) >= 11 is 5.80. The summed E-state index contributed by atoms with van der Waals surface area (Å²) < 4.78 is 0. The van der Waals surface area contributed by atoms with Crippen LogP contribution in [0.15, 0.2) is 18.2 Å². The molecular weight excluding hydrogens is 170 g/mol. The number of halogens is 1. The Morgan fingerprint density at radius 1 is 1.42 bits per heavy atom. The Kier molecular flexibility index (Phi) is 1.89. The summed E-state index contributed by atoms with van der Waals surface area (Å²) in [6, 6.07) is 3.93. The summed E-state index contributed by atoms with van der Waals surface area (Å²) in [5.41, 5.74) is 3.65. The maximum Gasteiger partial charge on any atom is 0.129 e. The number of aryl methyl sites for hydroxylation is 1. The molecular formula is C10H10ClN. The predicted octanol–water partition coefficient (Wildman–Crippen LogP) is 3.08. The fourth-order valence-corrected chi connectivity index (χ4v) is 1.70. The average molecular weight is 180 g/mol. The first-order valence-corrected chi connectivity index (χ1v) is 4.48. The third-order valence-electron chi connectivity index (χ3n) is 2.18. The van der Waals surface area contributed by atoms with E-state index in [1.807, 2.05) is 6.07 Å². The second kappa shape index (κ2) is 2.91. The van der Waals surface area contributed by atoms with Crippen molar-refractivity contribution in [2.24, 2.45) is 0 Å². The van der Waals surface area contributed by atoms with Crippen LogP contribution >= 0.6 is 11.6 Å². The van der Waals surface area contributed by atoms with Crippen molar-refractivity contribution in [3.8, 4) is 0 Å². The highest BCUT2D eigenvalue weighted by Crippen LogP contribution is 2.25. The maximum atomic E-state index is 5.80. The molecule has 0 aliphatic heterocycles. The molecule has 12 heavy (non-hydrogen) atoms. The molecule has 0 amide bonds. The van der Waals surface area contributed by atoms with Gasteiger partial charge in [0.15, 0.2) is 0 Å². The molecule has 0 spiro atoms. The SMILES string of the molecule is CC1=CCCc2ccc(Cl)nc21. The minimum Gasteiger partial charge on any atom is -0.236 e. The average Bonchev–Trinajstić information content (AvgIpc) is 2.07. The van der Waals surface area contributed by atoms with Gasteiger partial charge >= 0.3 is 0 Å². The molecule has 1 aliphatic carbocycles. The number of nitrogens with zero attached hydrogens (tertiary/aromatic N) is 1. The van der Waals surface area contributed by atoms with Crippen LogP contribution < -0.4 is 0 Å². The van der Waals surface area contributed by atoms with E-state index in [2.05, 4.69) is 24.1 Å². The number of allylic oxidation sites excluding steroid dienone is 2. The predicted molar refractivity (Wildman–Crippen MR) is 51.2 cm³/mol. The molecule has 0 saturated carbocycles. The first-order valence-electron chi connectivity index (χ1n) is 4.10. The lowest BCUT2D eigenvalue weighted by Crippen LogP contribution is -2.00. The molecule has 0 fully saturated rings. The second-order valence-corrected chi connectivity index (χ2v) is 3.45. The zero-order valence-electron chi connectivity index (χ0n) is 6.97. The minimum absolute atomic E-state index is 0.586. The molecule has 62 valence electrons. The molecule has 0 aromatic carbocycles. The Morgan fingerprint density at radius 3 is 3.08 bits per heavy atom. The minimum atomic E-state index is 0.586. The monoisotopic (exact) mass is 179 g/mol. The fraction of sp³-hybridized carbons (Fsp3) is 0.300. The normalized spacial score (nSPS) is 15.3. The number of rotatable bonds is 0. The quantitative estimate of drug-likeness (QED) is 0.558. The van der Waals surface area contributed by atoms with E-state index in [9.17, 15) is 0 Å². The van der Waals surface area contributed by atoms with Crippen molar-refractivity contribution in [3.05, 3.63) is 34.6 Å². The Bertz CT molecular complexity index is 342. The molecule has 0 saturated heterocycles. The fourth-order valence-electron chi connectivity index (χ4n) is 1.55. The van der Waals surface area contributed by atoms with E-state index in [0.29, 0.717) is 5.15 Å². The summed E-state index contributed by atoms with van der Waals surface area (Å²) in [6.45, 7) is 2.08. The van der Waals surface area contributed by atoms with Crippen LogP contribution in [-0.2, 0) is 6.42 Å². The van der Waals surface area contributed by atoms with Crippen LogP contribution in [0.3, 0.4) is 0 Å². The zero-order valence-corrected chi connectivity index (χ0v) is 7.73. The standard InChI is InChI=1S/C10H10ClN/c1-7-3-2-4-8-5-6-9(11)12-10(7)8/h3,5-6H,2,4H2,1H3. The van der Waals surface area contributed by atoms with Crippen LogP contribution in [0.2, 0.25) is 5.15 Å². The Balaban J connectivity index is 2.58. The molecule has 2 heteroatoms. The van der Waals surface area contributed by atoms with Gasteiger partial charge in [0.1, 0.15) is 5.15 Å². The second-order valence-electron chi connectivity index (χ2n) is 3.07. The van der Waals surface area contributed by atoms with Gasteiger partial charge in [-0.1, -0.05) is 23.7 Å². The Labute approximate surface area is 77.1 Å². The molecule has 0 unspecified atom stereocenters. The van der Waals surface area contributed by atoms with Gasteiger partial charge in [-0.25, -0.2) is 4.98 Å². The van der Waals surface area contributed by atoms with Crippen LogP contribution in [0.5, 0.6) is 0 Å². The van der Waals surface area contributed by atoms with E-state index in [1.165, 1.54) is 11.1 Å². The Hall–Kier alpha value is -0.820. The van der Waals surface area contributed by atoms with Crippen molar-refractivity contribution in [3.63, 3.8) is 0 Å². The summed E-state index contributed by atoms with van der Waals surface area (Å²) in [5, 5.41) is 0.586. The number of hydrogen-bond donors (Lipinski definition) is 0. The van der Waals surface area contributed by atoms with Crippen LogP contribution in [0.1, 0.15) is 24.6 Å². The van der Waals surface area contributed by atoms with Gasteiger partial charge in [-0.3, -0.25) is 0 Å². The summed E-state index contributed by atoms with van der Waals surface area (Å²) in [6.07, 6.45) is 4.44. The van der Waals surface area contributed by atoms with Crippen molar-refractivity contribution in [2.75, 3.05) is 0 Å². The molecule has 0 atom stereocenters. The van der Waals surface area contributed by atoms with Gasteiger partial charge in [0.2, 0.25) is 0 Å². The van der Waals surface area contributed by atoms with E-state index in [0.717, 1.165) is 18.5 Å². The van der Waals surface area contributed by atoms with Crippen molar-refractivity contribution in [1.29, 1.82) is 0 Å².